The number of para-hydroxylation sites is 1. The number of rotatable bonds is 5. The van der Waals surface area contributed by atoms with Crippen LogP contribution in [0.5, 0.6) is 5.75 Å². The number of carbonyl (C=O) groups is 1. The van der Waals surface area contributed by atoms with Crippen molar-refractivity contribution >= 4 is 5.97 Å². The Morgan fingerprint density at radius 2 is 1.69 bits per heavy atom. The van der Waals surface area contributed by atoms with Crippen molar-refractivity contribution in [2.24, 2.45) is 0 Å². The van der Waals surface area contributed by atoms with E-state index in [9.17, 15) is 4.79 Å². The summed E-state index contributed by atoms with van der Waals surface area (Å²) in [4.78, 5) is 11.8. The SMILES string of the molecule is COC(=O)Cc1cccc(-c2ccccc2O[C@H]2O[C@@H]3COC(C)(C)O[C@H]3[C@@H]3OC(C)(C)O[C@H]23)c1. The molecule has 0 radical (unpaired) electrons. The van der Waals surface area contributed by atoms with Crippen LogP contribution in [-0.2, 0) is 39.6 Å². The Kier molecular flexibility index (Phi) is 6.35. The van der Waals surface area contributed by atoms with Crippen LogP contribution in [0.2, 0.25) is 0 Å². The second-order valence-electron chi connectivity index (χ2n) is 9.97. The van der Waals surface area contributed by atoms with Gasteiger partial charge in [0, 0.05) is 5.56 Å². The van der Waals surface area contributed by atoms with Gasteiger partial charge in [0.25, 0.3) is 0 Å². The molecule has 0 aromatic heterocycles. The van der Waals surface area contributed by atoms with Gasteiger partial charge in [-0.25, -0.2) is 0 Å². The third kappa shape index (κ3) is 5.08. The Morgan fingerprint density at radius 1 is 0.943 bits per heavy atom. The Bertz CT molecular complexity index is 1080. The van der Waals surface area contributed by atoms with Gasteiger partial charge in [0.1, 0.15) is 24.1 Å². The highest BCUT2D eigenvalue weighted by Crippen LogP contribution is 2.43. The molecule has 3 saturated heterocycles. The largest absolute Gasteiger partial charge is 0.469 e. The van der Waals surface area contributed by atoms with Crippen LogP contribution in [0.4, 0.5) is 0 Å². The van der Waals surface area contributed by atoms with Gasteiger partial charge in [0.05, 0.1) is 20.1 Å². The van der Waals surface area contributed by atoms with Crippen LogP contribution < -0.4 is 4.74 Å². The van der Waals surface area contributed by atoms with Crippen molar-refractivity contribution in [3.8, 4) is 16.9 Å². The number of esters is 1. The predicted octanol–water partition coefficient (Wildman–Crippen LogP) is 3.84. The number of fused-ring (bicyclic) bond motifs is 3. The van der Waals surface area contributed by atoms with E-state index in [0.717, 1.165) is 16.7 Å². The summed E-state index contributed by atoms with van der Waals surface area (Å²) >= 11 is 0. The lowest BCUT2D eigenvalue weighted by Gasteiger charge is -2.48. The normalized spacial score (nSPS) is 30.7. The summed E-state index contributed by atoms with van der Waals surface area (Å²) in [6, 6.07) is 15.5. The highest BCUT2D eigenvalue weighted by atomic mass is 16.8. The molecule has 0 spiro atoms. The lowest BCUT2D eigenvalue weighted by Crippen LogP contribution is -2.64. The van der Waals surface area contributed by atoms with Gasteiger partial charge in [-0.1, -0.05) is 42.5 Å². The standard InChI is InChI=1S/C27H32O8/c1-26(2)30-15-20-22(33-26)23-24(35-27(3,4)34-23)25(32-20)31-19-12-7-6-11-18(19)17-10-8-9-16(13-17)14-21(28)29-5/h6-13,20,22-25H,14-15H2,1-5H3/t20-,22-,23+,24+,25+/m1/s1. The van der Waals surface area contributed by atoms with Crippen LogP contribution in [0.25, 0.3) is 11.1 Å². The number of benzene rings is 2. The molecule has 0 aliphatic carbocycles. The zero-order valence-electron chi connectivity index (χ0n) is 20.7. The number of carbonyl (C=O) groups excluding carboxylic acids is 1. The van der Waals surface area contributed by atoms with E-state index in [1.165, 1.54) is 7.11 Å². The lowest BCUT2D eigenvalue weighted by atomic mass is 9.97. The molecule has 0 N–H and O–H groups in total. The van der Waals surface area contributed by atoms with E-state index in [0.29, 0.717) is 12.4 Å². The molecule has 2 aromatic carbocycles. The van der Waals surface area contributed by atoms with Gasteiger partial charge in [-0.15, -0.1) is 0 Å². The van der Waals surface area contributed by atoms with Crippen molar-refractivity contribution in [2.75, 3.05) is 13.7 Å². The zero-order valence-corrected chi connectivity index (χ0v) is 20.7. The summed E-state index contributed by atoms with van der Waals surface area (Å²) in [5, 5.41) is 0. The van der Waals surface area contributed by atoms with Crippen LogP contribution in [0.1, 0.15) is 33.3 Å². The highest BCUT2D eigenvalue weighted by Gasteiger charge is 2.59. The molecule has 8 heteroatoms. The molecular formula is C27H32O8. The molecule has 8 nitrogen and oxygen atoms in total. The molecule has 3 aliphatic heterocycles. The van der Waals surface area contributed by atoms with Gasteiger partial charge in [0.2, 0.25) is 6.29 Å². The van der Waals surface area contributed by atoms with Crippen molar-refractivity contribution in [3.05, 3.63) is 54.1 Å². The van der Waals surface area contributed by atoms with Crippen LogP contribution in [0, 0.1) is 0 Å². The molecule has 3 heterocycles. The minimum Gasteiger partial charge on any atom is -0.469 e. The van der Waals surface area contributed by atoms with E-state index in [1.54, 1.807) is 0 Å². The maximum Gasteiger partial charge on any atom is 0.309 e. The summed E-state index contributed by atoms with van der Waals surface area (Å²) in [6.07, 6.45) is -2.08. The van der Waals surface area contributed by atoms with Gasteiger partial charge in [0.15, 0.2) is 17.7 Å². The molecule has 5 atom stereocenters. The Balaban J connectivity index is 1.42. The van der Waals surface area contributed by atoms with E-state index >= 15 is 0 Å². The second kappa shape index (κ2) is 9.19. The summed E-state index contributed by atoms with van der Waals surface area (Å²) < 4.78 is 42.1. The summed E-state index contributed by atoms with van der Waals surface area (Å²) in [7, 11) is 1.39. The third-order valence-corrected chi connectivity index (χ3v) is 6.39. The molecule has 0 amide bonds. The van der Waals surface area contributed by atoms with Gasteiger partial charge in [-0.2, -0.15) is 0 Å². The molecule has 35 heavy (non-hydrogen) atoms. The third-order valence-electron chi connectivity index (χ3n) is 6.39. The first-order chi connectivity index (χ1) is 16.6. The first-order valence-electron chi connectivity index (χ1n) is 11.9. The quantitative estimate of drug-likeness (QED) is 0.592. The summed E-state index contributed by atoms with van der Waals surface area (Å²) in [5.74, 6) is -1.19. The van der Waals surface area contributed by atoms with Gasteiger partial charge in [-0.05, 0) is 44.9 Å². The Hall–Kier alpha value is -2.49. The van der Waals surface area contributed by atoms with Crippen LogP contribution in [-0.4, -0.2) is 62.0 Å². The fourth-order valence-corrected chi connectivity index (χ4v) is 4.86. The van der Waals surface area contributed by atoms with Crippen molar-refractivity contribution < 1.29 is 38.0 Å². The second-order valence-corrected chi connectivity index (χ2v) is 9.97. The maximum absolute atomic E-state index is 11.8. The topological polar surface area (TPSA) is 81.7 Å². The maximum atomic E-state index is 11.8. The van der Waals surface area contributed by atoms with Crippen LogP contribution in [0.15, 0.2) is 48.5 Å². The fraction of sp³-hybridized carbons (Fsp3) is 0.519. The first-order valence-corrected chi connectivity index (χ1v) is 11.9. The highest BCUT2D eigenvalue weighted by molar-refractivity contribution is 5.75. The Labute approximate surface area is 205 Å². The lowest BCUT2D eigenvalue weighted by molar-refractivity contribution is -0.362. The molecular weight excluding hydrogens is 452 g/mol. The first kappa shape index (κ1) is 24.2. The number of methoxy groups -OCH3 is 1. The van der Waals surface area contributed by atoms with E-state index in [2.05, 4.69) is 0 Å². The number of hydrogen-bond acceptors (Lipinski definition) is 8. The molecule has 3 fully saturated rings. The Morgan fingerprint density at radius 3 is 2.49 bits per heavy atom. The predicted molar refractivity (Wildman–Crippen MR) is 126 cm³/mol. The molecule has 0 unspecified atom stereocenters. The van der Waals surface area contributed by atoms with Gasteiger partial charge < -0.3 is 33.2 Å². The smallest absolute Gasteiger partial charge is 0.309 e. The monoisotopic (exact) mass is 484 g/mol. The van der Waals surface area contributed by atoms with Crippen molar-refractivity contribution in [1.29, 1.82) is 0 Å². The molecule has 5 rings (SSSR count). The van der Waals surface area contributed by atoms with E-state index < -0.39 is 24.0 Å². The average Bonchev–Trinajstić information content (AvgIpc) is 3.15. The van der Waals surface area contributed by atoms with Crippen LogP contribution in [0.3, 0.4) is 0 Å². The zero-order chi connectivity index (χ0) is 24.8. The van der Waals surface area contributed by atoms with Crippen LogP contribution >= 0.6 is 0 Å². The average molecular weight is 485 g/mol. The molecule has 2 aromatic rings. The molecule has 188 valence electrons. The fourth-order valence-electron chi connectivity index (χ4n) is 4.86. The molecule has 0 bridgehead atoms. The summed E-state index contributed by atoms with van der Waals surface area (Å²) in [6.45, 7) is 7.88. The number of ether oxygens (including phenoxy) is 7. The van der Waals surface area contributed by atoms with E-state index in [1.807, 2.05) is 76.2 Å². The molecule has 3 aliphatic rings. The van der Waals surface area contributed by atoms with Crippen molar-refractivity contribution in [3.63, 3.8) is 0 Å². The minimum atomic E-state index is -0.803. The number of hydrogen-bond donors (Lipinski definition) is 0. The van der Waals surface area contributed by atoms with Gasteiger partial charge in [-0.3, -0.25) is 4.79 Å². The van der Waals surface area contributed by atoms with Gasteiger partial charge >= 0.3 is 5.97 Å². The van der Waals surface area contributed by atoms with Crippen molar-refractivity contribution in [1.82, 2.24) is 0 Å². The molecule has 0 saturated carbocycles. The van der Waals surface area contributed by atoms with Crippen molar-refractivity contribution in [2.45, 2.75) is 76.4 Å². The minimum absolute atomic E-state index is 0.197. The van der Waals surface area contributed by atoms with E-state index in [4.69, 9.17) is 33.2 Å². The van der Waals surface area contributed by atoms with E-state index in [-0.39, 0.29) is 30.7 Å². The summed E-state index contributed by atoms with van der Waals surface area (Å²) in [5.41, 5.74) is 2.65.